The minimum Gasteiger partial charge on any atom is -0.373 e. The van der Waals surface area contributed by atoms with Crippen LogP contribution in [0, 0.1) is 0 Å². The van der Waals surface area contributed by atoms with E-state index in [9.17, 15) is 9.59 Å². The molecule has 0 aliphatic carbocycles. The fourth-order valence-corrected chi connectivity index (χ4v) is 5.01. The van der Waals surface area contributed by atoms with Crippen LogP contribution in [0.2, 0.25) is 0 Å². The Morgan fingerprint density at radius 3 is 2.70 bits per heavy atom. The Kier molecular flexibility index (Phi) is 5.74. The maximum Gasteiger partial charge on any atom is 0.227 e. The van der Waals surface area contributed by atoms with Crippen LogP contribution in [0.15, 0.2) is 36.5 Å². The lowest BCUT2D eigenvalue weighted by Gasteiger charge is -2.31. The maximum atomic E-state index is 13.0. The molecule has 0 unspecified atom stereocenters. The Balaban J connectivity index is 1.25. The first-order valence-corrected chi connectivity index (χ1v) is 11.6. The van der Waals surface area contributed by atoms with Gasteiger partial charge in [0.2, 0.25) is 11.8 Å². The number of carbonyl (C=O) groups is 2. The van der Waals surface area contributed by atoms with Crippen molar-refractivity contribution in [1.82, 2.24) is 24.8 Å². The van der Waals surface area contributed by atoms with Gasteiger partial charge in [0.25, 0.3) is 0 Å². The highest BCUT2D eigenvalue weighted by molar-refractivity contribution is 5.89. The van der Waals surface area contributed by atoms with Gasteiger partial charge >= 0.3 is 0 Å². The zero-order valence-corrected chi connectivity index (χ0v) is 19.2. The van der Waals surface area contributed by atoms with Crippen LogP contribution in [-0.4, -0.2) is 70.3 Å². The van der Waals surface area contributed by atoms with Gasteiger partial charge in [-0.25, -0.2) is 9.97 Å². The second-order valence-corrected chi connectivity index (χ2v) is 9.15. The number of benzene rings is 1. The molecule has 8 heteroatoms. The molecular weight excluding hydrogens is 416 g/mol. The van der Waals surface area contributed by atoms with Gasteiger partial charge in [-0.15, -0.1) is 0 Å². The summed E-state index contributed by atoms with van der Waals surface area (Å²) in [4.78, 5) is 41.6. The number of aromatic amines is 1. The number of fused-ring (bicyclic) bond motifs is 1. The summed E-state index contributed by atoms with van der Waals surface area (Å²) in [6.07, 6.45) is 4.54. The van der Waals surface area contributed by atoms with E-state index in [1.807, 2.05) is 49.5 Å². The molecule has 2 aliphatic rings. The number of H-pyrrole nitrogens is 1. The smallest absolute Gasteiger partial charge is 0.227 e. The topological polar surface area (TPSA) is 94.2 Å². The molecule has 2 amide bonds. The maximum absolute atomic E-state index is 13.0. The number of aromatic nitrogens is 3. The van der Waals surface area contributed by atoms with Crippen molar-refractivity contribution in [3.63, 3.8) is 0 Å². The second kappa shape index (κ2) is 8.84. The number of nitrogens with one attached hydrogen (secondary N) is 2. The number of piperidine rings is 1. The largest absolute Gasteiger partial charge is 0.373 e. The van der Waals surface area contributed by atoms with Gasteiger partial charge in [0.1, 0.15) is 11.6 Å². The molecule has 2 fully saturated rings. The van der Waals surface area contributed by atoms with Crippen molar-refractivity contribution in [1.29, 1.82) is 0 Å². The predicted octanol–water partition coefficient (Wildman–Crippen LogP) is 2.89. The number of anilines is 1. The molecule has 4 heterocycles. The van der Waals surface area contributed by atoms with Gasteiger partial charge in [0, 0.05) is 75.2 Å². The quantitative estimate of drug-likeness (QED) is 0.629. The van der Waals surface area contributed by atoms with E-state index in [0.29, 0.717) is 32.5 Å². The second-order valence-electron chi connectivity index (χ2n) is 9.15. The molecule has 0 bridgehead atoms. The fourth-order valence-electron chi connectivity index (χ4n) is 5.01. The molecule has 2 saturated heterocycles. The van der Waals surface area contributed by atoms with E-state index in [-0.39, 0.29) is 23.7 Å². The zero-order valence-electron chi connectivity index (χ0n) is 19.2. The molecule has 0 radical (unpaired) electrons. The fraction of sp³-hybridized carbons (Fsp3) is 0.440. The highest BCUT2D eigenvalue weighted by Gasteiger charge is 2.31. The van der Waals surface area contributed by atoms with Crippen molar-refractivity contribution in [3.05, 3.63) is 53.6 Å². The number of amides is 2. The molecule has 172 valence electrons. The van der Waals surface area contributed by atoms with Gasteiger partial charge in [-0.2, -0.15) is 0 Å². The van der Waals surface area contributed by atoms with Crippen LogP contribution in [0.4, 0.5) is 5.82 Å². The monoisotopic (exact) mass is 446 g/mol. The van der Waals surface area contributed by atoms with Crippen LogP contribution in [-0.2, 0) is 16.0 Å². The van der Waals surface area contributed by atoms with E-state index in [1.165, 1.54) is 0 Å². The van der Waals surface area contributed by atoms with Gasteiger partial charge in [-0.05, 0) is 24.5 Å². The number of likely N-dealkylation sites (N-methyl/N-ethyl adjacent to an activating group) is 1. The summed E-state index contributed by atoms with van der Waals surface area (Å²) < 4.78 is 0. The number of carbonyl (C=O) groups excluding carboxylic acids is 2. The van der Waals surface area contributed by atoms with Crippen molar-refractivity contribution in [2.45, 2.75) is 37.5 Å². The average molecular weight is 447 g/mol. The number of rotatable bonds is 5. The van der Waals surface area contributed by atoms with Gasteiger partial charge < -0.3 is 20.1 Å². The van der Waals surface area contributed by atoms with E-state index in [2.05, 4.69) is 16.4 Å². The summed E-state index contributed by atoms with van der Waals surface area (Å²) in [6, 6.07) is 10.0. The van der Waals surface area contributed by atoms with Gasteiger partial charge in [-0.3, -0.25) is 9.59 Å². The molecule has 0 spiro atoms. The van der Waals surface area contributed by atoms with Crippen LogP contribution in [0.1, 0.15) is 48.2 Å². The van der Waals surface area contributed by atoms with Crippen LogP contribution in [0.3, 0.4) is 0 Å². The minimum absolute atomic E-state index is 0.106. The van der Waals surface area contributed by atoms with Gasteiger partial charge in [0.05, 0.1) is 12.1 Å². The number of hydrogen-bond acceptors (Lipinski definition) is 5. The van der Waals surface area contributed by atoms with Gasteiger partial charge in [-0.1, -0.05) is 18.2 Å². The summed E-state index contributed by atoms with van der Waals surface area (Å²) >= 11 is 0. The van der Waals surface area contributed by atoms with E-state index in [4.69, 9.17) is 9.97 Å². The summed E-state index contributed by atoms with van der Waals surface area (Å²) in [5, 5.41) is 4.25. The molecular formula is C25H30N6O2. The first-order chi connectivity index (χ1) is 16.0. The minimum atomic E-state index is 0.106. The first-order valence-electron chi connectivity index (χ1n) is 11.6. The molecule has 1 atom stereocenters. The summed E-state index contributed by atoms with van der Waals surface area (Å²) in [6.45, 7) is 2.11. The Morgan fingerprint density at radius 1 is 1.18 bits per heavy atom. The Bertz CT molecular complexity index is 1180. The highest BCUT2D eigenvalue weighted by atomic mass is 16.2. The lowest BCUT2D eigenvalue weighted by Crippen LogP contribution is -2.39. The standard InChI is InChI=1S/C25H30N6O2/c1-26-22-13-21(18-12-23(32)30(2)15-18)28-25(29-22)16-7-9-31(10-8-16)24(33)11-17-14-27-20-6-4-3-5-19(17)20/h3-6,13-14,16,18,27H,7-12,15H2,1-2H3,(H,26,28,29)/t18-/m1/s1. The lowest BCUT2D eigenvalue weighted by atomic mass is 9.94. The number of para-hydroxylation sites is 1. The van der Waals surface area contributed by atoms with Crippen LogP contribution in [0.5, 0.6) is 0 Å². The molecule has 33 heavy (non-hydrogen) atoms. The Hall–Kier alpha value is -3.42. The predicted molar refractivity (Wildman–Crippen MR) is 127 cm³/mol. The van der Waals surface area contributed by atoms with Crippen molar-refractivity contribution in [2.24, 2.45) is 0 Å². The molecule has 2 aromatic heterocycles. The van der Waals surface area contributed by atoms with Gasteiger partial charge in [0.15, 0.2) is 0 Å². The van der Waals surface area contributed by atoms with E-state index in [0.717, 1.165) is 46.6 Å². The molecule has 2 aliphatic heterocycles. The molecule has 2 N–H and O–H groups in total. The highest BCUT2D eigenvalue weighted by Crippen LogP contribution is 2.31. The lowest BCUT2D eigenvalue weighted by molar-refractivity contribution is -0.131. The van der Waals surface area contributed by atoms with Crippen LogP contribution < -0.4 is 5.32 Å². The number of nitrogens with zero attached hydrogens (tertiary/aromatic N) is 4. The van der Waals surface area contributed by atoms with Crippen LogP contribution in [0.25, 0.3) is 10.9 Å². The zero-order chi connectivity index (χ0) is 22.9. The average Bonchev–Trinajstić information content (AvgIpc) is 3.41. The van der Waals surface area contributed by atoms with Crippen molar-refractivity contribution < 1.29 is 9.59 Å². The number of hydrogen-bond donors (Lipinski definition) is 2. The first kappa shape index (κ1) is 21.4. The van der Waals surface area contributed by atoms with Crippen molar-refractivity contribution in [2.75, 3.05) is 39.0 Å². The van der Waals surface area contributed by atoms with Crippen LogP contribution >= 0.6 is 0 Å². The van der Waals surface area contributed by atoms with E-state index < -0.39 is 0 Å². The molecule has 0 saturated carbocycles. The third kappa shape index (κ3) is 4.29. The third-order valence-electron chi connectivity index (χ3n) is 7.01. The van der Waals surface area contributed by atoms with E-state index in [1.54, 1.807) is 4.90 Å². The molecule has 3 aromatic rings. The Morgan fingerprint density at radius 2 is 1.97 bits per heavy atom. The van der Waals surface area contributed by atoms with Crippen molar-refractivity contribution >= 4 is 28.5 Å². The Labute approximate surface area is 193 Å². The summed E-state index contributed by atoms with van der Waals surface area (Å²) in [7, 11) is 3.69. The number of likely N-dealkylation sites (tertiary alicyclic amines) is 2. The molecule has 1 aromatic carbocycles. The molecule has 5 rings (SSSR count). The van der Waals surface area contributed by atoms with E-state index >= 15 is 0 Å². The normalized spacial score (nSPS) is 19.5. The summed E-state index contributed by atoms with van der Waals surface area (Å²) in [5.41, 5.74) is 3.04. The van der Waals surface area contributed by atoms with Crippen molar-refractivity contribution in [3.8, 4) is 0 Å². The third-order valence-corrected chi connectivity index (χ3v) is 7.01. The summed E-state index contributed by atoms with van der Waals surface area (Å²) in [5.74, 6) is 2.25. The molecule has 8 nitrogen and oxygen atoms in total. The SMILES string of the molecule is CNc1cc([C@@H]2CC(=O)N(C)C2)nc(C2CCN(C(=O)Cc3c[nH]c4ccccc34)CC2)n1.